The molecular formula is C15H22N2O4S. The van der Waals surface area contributed by atoms with E-state index in [1.165, 1.54) is 11.3 Å². The highest BCUT2D eigenvalue weighted by Gasteiger charge is 2.48. The number of ether oxygens (including phenoxy) is 1. The van der Waals surface area contributed by atoms with Gasteiger partial charge in [-0.15, -0.1) is 11.3 Å². The van der Waals surface area contributed by atoms with Crippen LogP contribution >= 0.6 is 11.3 Å². The third kappa shape index (κ3) is 2.67. The monoisotopic (exact) mass is 326 g/mol. The van der Waals surface area contributed by atoms with E-state index >= 15 is 0 Å². The van der Waals surface area contributed by atoms with Crippen LogP contribution in [-0.4, -0.2) is 63.5 Å². The summed E-state index contributed by atoms with van der Waals surface area (Å²) in [7, 11) is 0. The van der Waals surface area contributed by atoms with Gasteiger partial charge >= 0.3 is 0 Å². The fourth-order valence-corrected chi connectivity index (χ4v) is 4.27. The van der Waals surface area contributed by atoms with Crippen molar-refractivity contribution in [3.05, 3.63) is 15.6 Å². The highest BCUT2D eigenvalue weighted by Crippen LogP contribution is 2.36. The first-order valence-corrected chi connectivity index (χ1v) is 8.48. The molecule has 1 aromatic rings. The molecule has 0 bridgehead atoms. The molecule has 2 fully saturated rings. The molecule has 6 nitrogen and oxygen atoms in total. The fourth-order valence-electron chi connectivity index (χ4n) is 3.38. The molecule has 2 saturated heterocycles. The van der Waals surface area contributed by atoms with Crippen molar-refractivity contribution >= 4 is 17.2 Å². The summed E-state index contributed by atoms with van der Waals surface area (Å²) < 4.78 is 5.79. The molecule has 1 aromatic heterocycles. The SMILES string of the molecule is Cc1nc(C)c(C(=O)N2CCC3(CC2)OCC[C@H](O)[C@@H]3O)s1. The second kappa shape index (κ2) is 5.88. The maximum absolute atomic E-state index is 12.6. The Morgan fingerprint density at radius 3 is 2.64 bits per heavy atom. The first kappa shape index (κ1) is 15.9. The Hall–Kier alpha value is -1.02. The van der Waals surface area contributed by atoms with Crippen molar-refractivity contribution in [2.45, 2.75) is 50.9 Å². The Labute approximate surface area is 133 Å². The predicted molar refractivity (Wildman–Crippen MR) is 82.0 cm³/mol. The average Bonchev–Trinajstić information content (AvgIpc) is 2.84. The van der Waals surface area contributed by atoms with Crippen molar-refractivity contribution in [1.29, 1.82) is 0 Å². The number of aliphatic hydroxyl groups excluding tert-OH is 2. The molecule has 2 N–H and O–H groups in total. The summed E-state index contributed by atoms with van der Waals surface area (Å²) in [6.07, 6.45) is -0.0414. The van der Waals surface area contributed by atoms with E-state index in [0.717, 1.165) is 10.7 Å². The minimum absolute atomic E-state index is 0.00352. The number of carbonyl (C=O) groups is 1. The highest BCUT2D eigenvalue weighted by atomic mass is 32.1. The van der Waals surface area contributed by atoms with E-state index in [1.54, 1.807) is 4.90 Å². The number of rotatable bonds is 1. The van der Waals surface area contributed by atoms with Crippen molar-refractivity contribution in [3.8, 4) is 0 Å². The topological polar surface area (TPSA) is 82.9 Å². The number of amides is 1. The average molecular weight is 326 g/mol. The normalized spacial score (nSPS) is 28.1. The molecule has 0 radical (unpaired) electrons. The van der Waals surface area contributed by atoms with Gasteiger partial charge in [-0.05, 0) is 33.1 Å². The smallest absolute Gasteiger partial charge is 0.265 e. The maximum atomic E-state index is 12.6. The number of nitrogens with zero attached hydrogens (tertiary/aromatic N) is 2. The zero-order chi connectivity index (χ0) is 15.9. The molecule has 3 heterocycles. The summed E-state index contributed by atoms with van der Waals surface area (Å²) >= 11 is 1.42. The number of aromatic nitrogens is 1. The lowest BCUT2D eigenvalue weighted by atomic mass is 9.80. The second-order valence-corrected chi connectivity index (χ2v) is 7.36. The molecule has 0 unspecified atom stereocenters. The van der Waals surface area contributed by atoms with Crippen LogP contribution in [0.1, 0.15) is 39.6 Å². The van der Waals surface area contributed by atoms with Gasteiger partial charge in [0, 0.05) is 13.1 Å². The van der Waals surface area contributed by atoms with Gasteiger partial charge in [0.25, 0.3) is 5.91 Å². The molecular weight excluding hydrogens is 304 g/mol. The van der Waals surface area contributed by atoms with Crippen LogP contribution in [0.4, 0.5) is 0 Å². The predicted octanol–water partition coefficient (Wildman–Crippen LogP) is 0.877. The number of thiazole rings is 1. The van der Waals surface area contributed by atoms with Crippen LogP contribution in [0.5, 0.6) is 0 Å². The van der Waals surface area contributed by atoms with E-state index in [0.29, 0.717) is 43.8 Å². The van der Waals surface area contributed by atoms with Crippen LogP contribution in [0.3, 0.4) is 0 Å². The van der Waals surface area contributed by atoms with Gasteiger partial charge in [-0.1, -0.05) is 0 Å². The van der Waals surface area contributed by atoms with Crippen LogP contribution in [-0.2, 0) is 4.74 Å². The van der Waals surface area contributed by atoms with E-state index in [1.807, 2.05) is 13.8 Å². The molecule has 7 heteroatoms. The third-order valence-electron chi connectivity index (χ3n) is 4.70. The molecule has 0 aromatic carbocycles. The molecule has 122 valence electrons. The van der Waals surface area contributed by atoms with Gasteiger partial charge in [0.15, 0.2) is 0 Å². The van der Waals surface area contributed by atoms with Gasteiger partial charge in [-0.3, -0.25) is 4.79 Å². The number of carbonyl (C=O) groups excluding carboxylic acids is 1. The standard InChI is InChI=1S/C15H22N2O4S/c1-9-12(22-10(2)16-9)14(20)17-6-4-15(5-7-17)13(19)11(18)3-8-21-15/h11,13,18-19H,3-8H2,1-2H3/t11-,13-/m0/s1. The van der Waals surface area contributed by atoms with E-state index in [-0.39, 0.29) is 5.91 Å². The lowest BCUT2D eigenvalue weighted by Gasteiger charge is -2.48. The van der Waals surface area contributed by atoms with Crippen LogP contribution in [0.25, 0.3) is 0 Å². The van der Waals surface area contributed by atoms with E-state index in [9.17, 15) is 15.0 Å². The first-order valence-electron chi connectivity index (χ1n) is 7.66. The minimum atomic E-state index is -0.870. The van der Waals surface area contributed by atoms with Gasteiger partial charge in [-0.2, -0.15) is 0 Å². The van der Waals surface area contributed by atoms with Crippen molar-refractivity contribution in [3.63, 3.8) is 0 Å². The quantitative estimate of drug-likeness (QED) is 0.800. The lowest BCUT2D eigenvalue weighted by Crippen LogP contribution is -2.60. The van der Waals surface area contributed by atoms with Gasteiger partial charge < -0.3 is 19.8 Å². The maximum Gasteiger partial charge on any atom is 0.265 e. The van der Waals surface area contributed by atoms with Gasteiger partial charge in [-0.25, -0.2) is 4.98 Å². The van der Waals surface area contributed by atoms with Crippen molar-refractivity contribution in [2.24, 2.45) is 0 Å². The minimum Gasteiger partial charge on any atom is -0.390 e. The lowest BCUT2D eigenvalue weighted by molar-refractivity contribution is -0.212. The Morgan fingerprint density at radius 1 is 1.36 bits per heavy atom. The number of hydrogen-bond acceptors (Lipinski definition) is 6. The van der Waals surface area contributed by atoms with Crippen LogP contribution in [0.2, 0.25) is 0 Å². The van der Waals surface area contributed by atoms with Gasteiger partial charge in [0.05, 0.1) is 29.0 Å². The number of hydrogen-bond donors (Lipinski definition) is 2. The Morgan fingerprint density at radius 2 is 2.05 bits per heavy atom. The number of piperidine rings is 1. The first-order chi connectivity index (χ1) is 10.4. The molecule has 2 atom stereocenters. The zero-order valence-electron chi connectivity index (χ0n) is 12.9. The zero-order valence-corrected chi connectivity index (χ0v) is 13.7. The summed E-state index contributed by atoms with van der Waals surface area (Å²) in [5, 5.41) is 21.0. The molecule has 0 saturated carbocycles. The van der Waals surface area contributed by atoms with Crippen LogP contribution < -0.4 is 0 Å². The van der Waals surface area contributed by atoms with Crippen LogP contribution in [0.15, 0.2) is 0 Å². The molecule has 2 aliphatic rings. The summed E-state index contributed by atoms with van der Waals surface area (Å²) in [6, 6.07) is 0. The molecule has 1 amide bonds. The molecule has 0 aliphatic carbocycles. The molecule has 3 rings (SSSR count). The van der Waals surface area contributed by atoms with Crippen molar-refractivity contribution < 1.29 is 19.7 Å². The molecule has 22 heavy (non-hydrogen) atoms. The number of likely N-dealkylation sites (tertiary alicyclic amines) is 1. The molecule has 1 spiro atoms. The Kier molecular flexibility index (Phi) is 4.24. The van der Waals surface area contributed by atoms with E-state index < -0.39 is 17.8 Å². The number of aryl methyl sites for hydroxylation is 2. The summed E-state index contributed by atoms with van der Waals surface area (Å²) in [6.45, 7) is 5.26. The van der Waals surface area contributed by atoms with E-state index in [2.05, 4.69) is 4.98 Å². The summed E-state index contributed by atoms with van der Waals surface area (Å²) in [5.74, 6) is 0.00352. The van der Waals surface area contributed by atoms with E-state index in [4.69, 9.17) is 4.74 Å². The Bertz CT molecular complexity index is 566. The van der Waals surface area contributed by atoms with Gasteiger partial charge in [0.2, 0.25) is 0 Å². The van der Waals surface area contributed by atoms with Crippen molar-refractivity contribution in [1.82, 2.24) is 9.88 Å². The summed E-state index contributed by atoms with van der Waals surface area (Å²) in [5.41, 5.74) is 0.0739. The summed E-state index contributed by atoms with van der Waals surface area (Å²) in [4.78, 5) is 19.4. The fraction of sp³-hybridized carbons (Fsp3) is 0.733. The van der Waals surface area contributed by atoms with Gasteiger partial charge in [0.1, 0.15) is 11.0 Å². The largest absolute Gasteiger partial charge is 0.390 e. The molecule has 2 aliphatic heterocycles. The number of aliphatic hydroxyl groups is 2. The second-order valence-electron chi connectivity index (χ2n) is 6.15. The van der Waals surface area contributed by atoms with Crippen molar-refractivity contribution in [2.75, 3.05) is 19.7 Å². The van der Waals surface area contributed by atoms with Crippen LogP contribution in [0, 0.1) is 13.8 Å². The Balaban J connectivity index is 1.69. The third-order valence-corrected chi connectivity index (χ3v) is 5.76. The highest BCUT2D eigenvalue weighted by molar-refractivity contribution is 7.13.